The lowest BCUT2D eigenvalue weighted by atomic mass is 10.1. The molecular weight excluding hydrogens is 398 g/mol. The van der Waals surface area contributed by atoms with Gasteiger partial charge in [0.05, 0.1) is 0 Å². The maximum absolute atomic E-state index is 12.5. The molecule has 3 heterocycles. The number of aromatic nitrogens is 1. The van der Waals surface area contributed by atoms with Crippen molar-refractivity contribution >= 4 is 29.3 Å². The molecule has 1 aliphatic rings. The van der Waals surface area contributed by atoms with Crippen LogP contribution in [0.2, 0.25) is 0 Å². The second-order valence-corrected chi connectivity index (χ2v) is 9.01. The highest BCUT2D eigenvalue weighted by Gasteiger charge is 2.23. The number of rotatable bonds is 6. The van der Waals surface area contributed by atoms with Crippen LogP contribution in [0.1, 0.15) is 41.2 Å². The molecule has 0 bridgehead atoms. The Morgan fingerprint density at radius 2 is 2.13 bits per heavy atom. The average molecular weight is 426 g/mol. The predicted molar refractivity (Wildman–Crippen MR) is 117 cm³/mol. The normalized spacial score (nSPS) is 13.9. The monoisotopic (exact) mass is 425 g/mol. The van der Waals surface area contributed by atoms with E-state index in [-0.39, 0.29) is 18.1 Å². The van der Waals surface area contributed by atoms with E-state index in [1.807, 2.05) is 37.4 Å². The Kier molecular flexibility index (Phi) is 6.78. The van der Waals surface area contributed by atoms with Crippen molar-refractivity contribution in [3.8, 4) is 6.07 Å². The standard InChI is InChI=1S/C23H27N3O3S/c1-15(2)12-26-16(3)9-19(17(26)4)10-20(11-24)23(28)29-14-22(27)25-7-5-21-18(13-25)6-8-30-21/h6,8-10,15H,5,7,12-14H2,1-4H3/b20-10+. The van der Waals surface area contributed by atoms with E-state index in [4.69, 9.17) is 4.74 Å². The number of hydrogen-bond acceptors (Lipinski definition) is 5. The summed E-state index contributed by atoms with van der Waals surface area (Å²) in [6.07, 6.45) is 2.37. The number of thiophene rings is 1. The van der Waals surface area contributed by atoms with E-state index < -0.39 is 5.97 Å². The molecule has 0 radical (unpaired) electrons. The summed E-state index contributed by atoms with van der Waals surface area (Å²) >= 11 is 1.70. The van der Waals surface area contributed by atoms with Gasteiger partial charge in [-0.25, -0.2) is 4.79 Å². The first kappa shape index (κ1) is 21.8. The van der Waals surface area contributed by atoms with E-state index in [1.54, 1.807) is 22.3 Å². The molecule has 0 atom stereocenters. The maximum Gasteiger partial charge on any atom is 0.349 e. The number of aryl methyl sites for hydroxylation is 1. The van der Waals surface area contributed by atoms with Crippen molar-refractivity contribution in [1.82, 2.24) is 9.47 Å². The molecule has 0 spiro atoms. The lowest BCUT2D eigenvalue weighted by Gasteiger charge is -2.26. The lowest BCUT2D eigenvalue weighted by molar-refractivity contribution is -0.149. The van der Waals surface area contributed by atoms with Crippen LogP contribution in [0.15, 0.2) is 23.1 Å². The molecule has 3 rings (SSSR count). The number of carbonyl (C=O) groups is 2. The molecule has 7 heteroatoms. The van der Waals surface area contributed by atoms with Gasteiger partial charge in [-0.3, -0.25) is 4.79 Å². The number of amides is 1. The Labute approximate surface area is 181 Å². The van der Waals surface area contributed by atoms with Crippen LogP contribution in [0.4, 0.5) is 0 Å². The minimum absolute atomic E-state index is 0.105. The summed E-state index contributed by atoms with van der Waals surface area (Å²) in [5.41, 5.74) is 3.93. The highest BCUT2D eigenvalue weighted by Crippen LogP contribution is 2.24. The minimum atomic E-state index is -0.771. The van der Waals surface area contributed by atoms with E-state index in [1.165, 1.54) is 4.88 Å². The van der Waals surface area contributed by atoms with E-state index in [9.17, 15) is 14.9 Å². The highest BCUT2D eigenvalue weighted by atomic mass is 32.1. The fraction of sp³-hybridized carbons (Fsp3) is 0.435. The van der Waals surface area contributed by atoms with Crippen molar-refractivity contribution in [2.45, 2.75) is 47.2 Å². The van der Waals surface area contributed by atoms with Gasteiger partial charge in [0.25, 0.3) is 5.91 Å². The van der Waals surface area contributed by atoms with Crippen LogP contribution >= 0.6 is 11.3 Å². The Bertz CT molecular complexity index is 1020. The predicted octanol–water partition coefficient (Wildman–Crippen LogP) is 3.86. The van der Waals surface area contributed by atoms with Crippen molar-refractivity contribution < 1.29 is 14.3 Å². The SMILES string of the molecule is Cc1cc(/C=C(\C#N)C(=O)OCC(=O)N2CCc3sccc3C2)c(C)n1CC(C)C. The summed E-state index contributed by atoms with van der Waals surface area (Å²) in [5, 5.41) is 11.5. The first-order valence-electron chi connectivity index (χ1n) is 10.1. The smallest absolute Gasteiger partial charge is 0.349 e. The molecule has 0 aromatic carbocycles. The zero-order valence-corrected chi connectivity index (χ0v) is 18.7. The van der Waals surface area contributed by atoms with Crippen molar-refractivity contribution in [3.05, 3.63) is 50.5 Å². The van der Waals surface area contributed by atoms with Crippen LogP contribution in [0.3, 0.4) is 0 Å². The van der Waals surface area contributed by atoms with Gasteiger partial charge in [0.1, 0.15) is 11.6 Å². The maximum atomic E-state index is 12.5. The molecule has 6 nitrogen and oxygen atoms in total. The van der Waals surface area contributed by atoms with Crippen LogP contribution in [-0.4, -0.2) is 34.5 Å². The zero-order chi connectivity index (χ0) is 21.8. The molecule has 2 aromatic heterocycles. The number of hydrogen-bond donors (Lipinski definition) is 0. The fourth-order valence-corrected chi connectivity index (χ4v) is 4.56. The fourth-order valence-electron chi connectivity index (χ4n) is 3.67. The molecule has 1 amide bonds. The highest BCUT2D eigenvalue weighted by molar-refractivity contribution is 7.10. The summed E-state index contributed by atoms with van der Waals surface area (Å²) < 4.78 is 7.34. The molecule has 30 heavy (non-hydrogen) atoms. The molecular formula is C23H27N3O3S. The Balaban J connectivity index is 1.64. The minimum Gasteiger partial charge on any atom is -0.451 e. The van der Waals surface area contributed by atoms with Crippen molar-refractivity contribution in [2.24, 2.45) is 5.92 Å². The first-order valence-corrected chi connectivity index (χ1v) is 11.0. The van der Waals surface area contributed by atoms with Gasteiger partial charge >= 0.3 is 5.97 Å². The van der Waals surface area contributed by atoms with Crippen molar-refractivity contribution in [2.75, 3.05) is 13.2 Å². The second-order valence-electron chi connectivity index (χ2n) is 8.01. The zero-order valence-electron chi connectivity index (χ0n) is 17.9. The Morgan fingerprint density at radius 1 is 1.37 bits per heavy atom. The number of ether oxygens (including phenoxy) is 1. The summed E-state index contributed by atoms with van der Waals surface area (Å²) in [4.78, 5) is 27.9. The van der Waals surface area contributed by atoms with Crippen LogP contribution in [0.25, 0.3) is 6.08 Å². The number of nitrogens with zero attached hydrogens (tertiary/aromatic N) is 3. The van der Waals surface area contributed by atoms with Gasteiger partial charge in [-0.1, -0.05) is 13.8 Å². The number of carbonyl (C=O) groups excluding carboxylic acids is 2. The summed E-state index contributed by atoms with van der Waals surface area (Å²) in [5.74, 6) is -0.529. The molecule has 0 saturated carbocycles. The van der Waals surface area contributed by atoms with Gasteiger partial charge < -0.3 is 14.2 Å². The molecule has 0 aliphatic carbocycles. The van der Waals surface area contributed by atoms with Crippen LogP contribution in [-0.2, 0) is 33.8 Å². The van der Waals surface area contributed by atoms with Crippen LogP contribution in [0.5, 0.6) is 0 Å². The van der Waals surface area contributed by atoms with Gasteiger partial charge in [0, 0.05) is 35.9 Å². The van der Waals surface area contributed by atoms with Gasteiger partial charge in [-0.05, 0) is 60.9 Å². The lowest BCUT2D eigenvalue weighted by Crippen LogP contribution is -2.38. The van der Waals surface area contributed by atoms with Gasteiger partial charge in [-0.2, -0.15) is 5.26 Å². The number of fused-ring (bicyclic) bond motifs is 1. The van der Waals surface area contributed by atoms with Gasteiger partial charge in [-0.15, -0.1) is 11.3 Å². The average Bonchev–Trinajstić information content (AvgIpc) is 3.29. The first-order chi connectivity index (χ1) is 14.3. The third-order valence-electron chi connectivity index (χ3n) is 5.29. The number of nitriles is 1. The second kappa shape index (κ2) is 9.31. The molecule has 0 unspecified atom stereocenters. The van der Waals surface area contributed by atoms with Crippen LogP contribution in [0, 0.1) is 31.1 Å². The van der Waals surface area contributed by atoms with Crippen molar-refractivity contribution in [1.29, 1.82) is 5.26 Å². The Morgan fingerprint density at radius 3 is 2.83 bits per heavy atom. The third-order valence-corrected chi connectivity index (χ3v) is 6.31. The quantitative estimate of drug-likeness (QED) is 0.400. The molecule has 1 aliphatic heterocycles. The molecule has 0 N–H and O–H groups in total. The molecule has 2 aromatic rings. The third kappa shape index (κ3) is 4.82. The molecule has 0 fully saturated rings. The summed E-state index contributed by atoms with van der Waals surface area (Å²) in [7, 11) is 0. The van der Waals surface area contributed by atoms with Crippen molar-refractivity contribution in [3.63, 3.8) is 0 Å². The Hall–Kier alpha value is -2.85. The number of esters is 1. The largest absolute Gasteiger partial charge is 0.451 e. The molecule has 158 valence electrons. The summed E-state index contributed by atoms with van der Waals surface area (Å²) in [6.45, 7) is 9.94. The topological polar surface area (TPSA) is 75.3 Å². The van der Waals surface area contributed by atoms with E-state index in [2.05, 4.69) is 18.4 Å². The van der Waals surface area contributed by atoms with Gasteiger partial charge in [0.15, 0.2) is 6.61 Å². The van der Waals surface area contributed by atoms with E-state index in [0.717, 1.165) is 35.5 Å². The van der Waals surface area contributed by atoms with Gasteiger partial charge in [0.2, 0.25) is 0 Å². The van der Waals surface area contributed by atoms with Crippen LogP contribution < -0.4 is 0 Å². The molecule has 0 saturated heterocycles. The van der Waals surface area contributed by atoms with E-state index >= 15 is 0 Å². The summed E-state index contributed by atoms with van der Waals surface area (Å²) in [6, 6.07) is 5.90. The van der Waals surface area contributed by atoms with E-state index in [0.29, 0.717) is 19.0 Å².